The number of piperidine rings is 1. The van der Waals surface area contributed by atoms with Crippen molar-refractivity contribution in [3.63, 3.8) is 0 Å². The third kappa shape index (κ3) is 6.06. The summed E-state index contributed by atoms with van der Waals surface area (Å²) in [4.78, 5) is 37.1. The first kappa shape index (κ1) is 19.8. The Balaban J connectivity index is 1.86. The van der Waals surface area contributed by atoms with Crippen LogP contribution in [-0.2, 0) is 9.53 Å². The van der Waals surface area contributed by atoms with Crippen molar-refractivity contribution in [1.29, 1.82) is 0 Å². The summed E-state index contributed by atoms with van der Waals surface area (Å²) >= 11 is 0. The van der Waals surface area contributed by atoms with Crippen LogP contribution in [-0.4, -0.2) is 47.6 Å². The summed E-state index contributed by atoms with van der Waals surface area (Å²) in [5, 5.41) is 2.97. The van der Waals surface area contributed by atoms with Crippen LogP contribution in [0.15, 0.2) is 24.3 Å². The van der Waals surface area contributed by atoms with E-state index in [0.29, 0.717) is 37.2 Å². The lowest BCUT2D eigenvalue weighted by molar-refractivity contribution is -0.131. The van der Waals surface area contributed by atoms with E-state index in [0.717, 1.165) is 0 Å². The number of hydrogen-bond donors (Lipinski definition) is 1. The number of carbonyl (C=O) groups is 3. The highest BCUT2D eigenvalue weighted by Gasteiger charge is 2.27. The van der Waals surface area contributed by atoms with Gasteiger partial charge in [0.15, 0.2) is 0 Å². The number of hydrogen-bond acceptors (Lipinski definition) is 5. The standard InChI is InChI=1S/C19H26N2O5/c1-13(22)25-16-7-5-6-14(12-16)17(23)20-15-8-10-21(11-9-15)18(24)26-19(2,3)4/h5-7,12,15H,8-11H2,1-4H3,(H,20,23). The summed E-state index contributed by atoms with van der Waals surface area (Å²) in [5.41, 5.74) is -0.0897. The van der Waals surface area contributed by atoms with Gasteiger partial charge in [0, 0.05) is 31.6 Å². The van der Waals surface area contributed by atoms with Crippen molar-refractivity contribution in [1.82, 2.24) is 10.2 Å². The molecule has 1 saturated heterocycles. The van der Waals surface area contributed by atoms with Gasteiger partial charge in [-0.15, -0.1) is 0 Å². The number of carbonyl (C=O) groups excluding carboxylic acids is 3. The molecule has 142 valence electrons. The molecule has 0 aliphatic carbocycles. The van der Waals surface area contributed by atoms with Crippen molar-refractivity contribution < 1.29 is 23.9 Å². The second kappa shape index (κ2) is 8.21. The number of amides is 2. The smallest absolute Gasteiger partial charge is 0.410 e. The van der Waals surface area contributed by atoms with Gasteiger partial charge in [0.2, 0.25) is 0 Å². The molecule has 2 rings (SSSR count). The van der Waals surface area contributed by atoms with E-state index in [1.54, 1.807) is 23.1 Å². The lowest BCUT2D eigenvalue weighted by atomic mass is 10.0. The maximum absolute atomic E-state index is 12.4. The Kier molecular flexibility index (Phi) is 6.23. The topological polar surface area (TPSA) is 84.9 Å². The van der Waals surface area contributed by atoms with Crippen LogP contribution in [0.2, 0.25) is 0 Å². The van der Waals surface area contributed by atoms with Gasteiger partial charge in [-0.25, -0.2) is 4.79 Å². The van der Waals surface area contributed by atoms with E-state index in [-0.39, 0.29) is 18.0 Å². The monoisotopic (exact) mass is 362 g/mol. The summed E-state index contributed by atoms with van der Waals surface area (Å²) in [6.45, 7) is 7.89. The summed E-state index contributed by atoms with van der Waals surface area (Å²) in [6.07, 6.45) is 1.000. The van der Waals surface area contributed by atoms with Crippen LogP contribution < -0.4 is 10.1 Å². The van der Waals surface area contributed by atoms with Crippen molar-refractivity contribution >= 4 is 18.0 Å². The van der Waals surface area contributed by atoms with Crippen LogP contribution in [0.5, 0.6) is 5.75 Å². The number of ether oxygens (including phenoxy) is 2. The number of likely N-dealkylation sites (tertiary alicyclic amines) is 1. The third-order valence-electron chi connectivity index (χ3n) is 3.84. The van der Waals surface area contributed by atoms with Crippen LogP contribution in [0, 0.1) is 0 Å². The molecule has 0 radical (unpaired) electrons. The lowest BCUT2D eigenvalue weighted by Crippen LogP contribution is -2.47. The van der Waals surface area contributed by atoms with Gasteiger partial charge in [-0.3, -0.25) is 9.59 Å². The van der Waals surface area contributed by atoms with Crippen LogP contribution in [0.3, 0.4) is 0 Å². The normalized spacial score (nSPS) is 15.3. The highest BCUT2D eigenvalue weighted by atomic mass is 16.6. The van der Waals surface area contributed by atoms with Crippen LogP contribution in [0.25, 0.3) is 0 Å². The average Bonchev–Trinajstić information content (AvgIpc) is 2.53. The van der Waals surface area contributed by atoms with Gasteiger partial charge < -0.3 is 19.7 Å². The summed E-state index contributed by atoms with van der Waals surface area (Å²) < 4.78 is 10.4. The largest absolute Gasteiger partial charge is 0.444 e. The van der Waals surface area contributed by atoms with E-state index >= 15 is 0 Å². The number of nitrogens with one attached hydrogen (secondary N) is 1. The van der Waals surface area contributed by atoms with E-state index < -0.39 is 11.6 Å². The molecule has 1 aromatic rings. The fourth-order valence-electron chi connectivity index (χ4n) is 2.67. The minimum Gasteiger partial charge on any atom is -0.444 e. The highest BCUT2D eigenvalue weighted by molar-refractivity contribution is 5.94. The number of rotatable bonds is 3. The van der Waals surface area contributed by atoms with E-state index in [9.17, 15) is 14.4 Å². The van der Waals surface area contributed by atoms with Gasteiger partial charge in [-0.1, -0.05) is 6.07 Å². The Morgan fingerprint density at radius 2 is 1.81 bits per heavy atom. The predicted octanol–water partition coefficient (Wildman–Crippen LogP) is 2.74. The fourth-order valence-corrected chi connectivity index (χ4v) is 2.67. The second-order valence-electron chi connectivity index (χ2n) is 7.34. The molecular weight excluding hydrogens is 336 g/mol. The minimum absolute atomic E-state index is 0.0152. The van der Waals surface area contributed by atoms with E-state index in [2.05, 4.69) is 5.32 Å². The molecule has 1 aliphatic rings. The van der Waals surface area contributed by atoms with Crippen molar-refractivity contribution in [3.8, 4) is 5.75 Å². The van der Waals surface area contributed by atoms with E-state index in [1.165, 1.54) is 13.0 Å². The summed E-state index contributed by atoms with van der Waals surface area (Å²) in [6, 6.07) is 6.47. The maximum Gasteiger partial charge on any atom is 0.410 e. The summed E-state index contributed by atoms with van der Waals surface area (Å²) in [5.74, 6) is -0.323. The summed E-state index contributed by atoms with van der Waals surface area (Å²) in [7, 11) is 0. The van der Waals surface area contributed by atoms with Gasteiger partial charge in [0.25, 0.3) is 5.91 Å². The average molecular weight is 362 g/mol. The Bertz CT molecular complexity index is 673. The molecule has 0 bridgehead atoms. The van der Waals surface area contributed by atoms with Crippen molar-refractivity contribution in [2.45, 2.75) is 52.2 Å². The van der Waals surface area contributed by atoms with Crippen molar-refractivity contribution in [3.05, 3.63) is 29.8 Å². The zero-order valence-electron chi connectivity index (χ0n) is 15.7. The molecule has 0 atom stereocenters. The Morgan fingerprint density at radius 3 is 2.38 bits per heavy atom. The molecular formula is C19H26N2O5. The SMILES string of the molecule is CC(=O)Oc1cccc(C(=O)NC2CCN(C(=O)OC(C)(C)C)CC2)c1. The Morgan fingerprint density at radius 1 is 1.15 bits per heavy atom. The van der Waals surface area contributed by atoms with Crippen molar-refractivity contribution in [2.75, 3.05) is 13.1 Å². The first-order valence-electron chi connectivity index (χ1n) is 8.71. The molecule has 1 N–H and O–H groups in total. The molecule has 7 heteroatoms. The van der Waals surface area contributed by atoms with Gasteiger partial charge >= 0.3 is 12.1 Å². The third-order valence-corrected chi connectivity index (χ3v) is 3.84. The predicted molar refractivity (Wildman–Crippen MR) is 96.0 cm³/mol. The van der Waals surface area contributed by atoms with Crippen LogP contribution in [0.1, 0.15) is 50.9 Å². The quantitative estimate of drug-likeness (QED) is 0.660. The minimum atomic E-state index is -0.519. The molecule has 7 nitrogen and oxygen atoms in total. The Hall–Kier alpha value is -2.57. The highest BCUT2D eigenvalue weighted by Crippen LogP contribution is 2.17. The molecule has 1 aromatic carbocycles. The molecule has 0 aromatic heterocycles. The zero-order valence-corrected chi connectivity index (χ0v) is 15.7. The Labute approximate surface area is 153 Å². The molecule has 1 heterocycles. The molecule has 2 amide bonds. The number of nitrogens with zero attached hydrogens (tertiary/aromatic N) is 1. The molecule has 0 saturated carbocycles. The first-order chi connectivity index (χ1) is 12.1. The van der Waals surface area contributed by atoms with Gasteiger partial charge in [0.05, 0.1) is 0 Å². The van der Waals surface area contributed by atoms with Crippen molar-refractivity contribution in [2.24, 2.45) is 0 Å². The number of benzene rings is 1. The molecule has 1 aliphatic heterocycles. The lowest BCUT2D eigenvalue weighted by Gasteiger charge is -2.33. The van der Waals surface area contributed by atoms with Crippen LogP contribution >= 0.6 is 0 Å². The fraction of sp³-hybridized carbons (Fsp3) is 0.526. The van der Waals surface area contributed by atoms with E-state index in [1.807, 2.05) is 20.8 Å². The van der Waals surface area contributed by atoms with Gasteiger partial charge in [-0.05, 0) is 51.8 Å². The van der Waals surface area contributed by atoms with Gasteiger partial charge in [0.1, 0.15) is 11.4 Å². The number of esters is 1. The molecule has 0 unspecified atom stereocenters. The second-order valence-corrected chi connectivity index (χ2v) is 7.34. The van der Waals surface area contributed by atoms with E-state index in [4.69, 9.17) is 9.47 Å². The maximum atomic E-state index is 12.4. The molecule has 0 spiro atoms. The van der Waals surface area contributed by atoms with Crippen LogP contribution in [0.4, 0.5) is 4.79 Å². The van der Waals surface area contributed by atoms with Gasteiger partial charge in [-0.2, -0.15) is 0 Å². The first-order valence-corrected chi connectivity index (χ1v) is 8.71. The molecule has 1 fully saturated rings. The molecule has 26 heavy (non-hydrogen) atoms. The zero-order chi connectivity index (χ0) is 19.3.